The van der Waals surface area contributed by atoms with Crippen LogP contribution in [0.25, 0.3) is 11.1 Å². The molecule has 4 aromatic rings. The number of anilines is 1. The van der Waals surface area contributed by atoms with Gasteiger partial charge in [0.05, 0.1) is 13.2 Å². The molecule has 8 heteroatoms. The van der Waals surface area contributed by atoms with E-state index in [9.17, 15) is 10.1 Å². The second-order valence-corrected chi connectivity index (χ2v) is 9.04. The minimum Gasteiger partial charge on any atom is -0.457 e. The van der Waals surface area contributed by atoms with Crippen LogP contribution in [0.2, 0.25) is 0 Å². The zero-order valence-corrected chi connectivity index (χ0v) is 21.8. The molecule has 0 radical (unpaired) electrons. The lowest BCUT2D eigenvalue weighted by molar-refractivity contribution is -0.112. The average molecular weight is 533 g/mol. The summed E-state index contributed by atoms with van der Waals surface area (Å²) < 4.78 is 17.4. The quantitative estimate of drug-likeness (QED) is 0.207. The van der Waals surface area contributed by atoms with Gasteiger partial charge in [0.1, 0.15) is 34.6 Å². The first-order valence-electron chi connectivity index (χ1n) is 12.9. The van der Waals surface area contributed by atoms with E-state index in [4.69, 9.17) is 14.2 Å². The number of aromatic nitrogens is 1. The highest BCUT2D eigenvalue weighted by atomic mass is 16.5. The maximum absolute atomic E-state index is 12.8. The summed E-state index contributed by atoms with van der Waals surface area (Å²) in [6, 6.07) is 28.1. The summed E-state index contributed by atoms with van der Waals surface area (Å²) in [6.07, 6.45) is 5.04. The molecule has 1 aromatic heterocycles. The van der Waals surface area contributed by atoms with Crippen molar-refractivity contribution in [3.05, 3.63) is 109 Å². The van der Waals surface area contributed by atoms with Gasteiger partial charge in [-0.3, -0.25) is 14.7 Å². The van der Waals surface area contributed by atoms with Gasteiger partial charge in [0.25, 0.3) is 5.91 Å². The molecule has 3 aromatic carbocycles. The van der Waals surface area contributed by atoms with E-state index in [-0.39, 0.29) is 5.57 Å². The summed E-state index contributed by atoms with van der Waals surface area (Å²) in [5, 5.41) is 12.4. The average Bonchev–Trinajstić information content (AvgIpc) is 3.00. The van der Waals surface area contributed by atoms with E-state index in [0.29, 0.717) is 42.7 Å². The van der Waals surface area contributed by atoms with Crippen LogP contribution in [0.1, 0.15) is 0 Å². The number of pyridine rings is 1. The number of amides is 1. The van der Waals surface area contributed by atoms with Crippen molar-refractivity contribution in [2.24, 2.45) is 0 Å². The van der Waals surface area contributed by atoms with Gasteiger partial charge in [0.2, 0.25) is 0 Å². The first-order valence-corrected chi connectivity index (χ1v) is 12.9. The Morgan fingerprint density at radius 1 is 0.950 bits per heavy atom. The van der Waals surface area contributed by atoms with Crippen LogP contribution in [0.5, 0.6) is 23.0 Å². The number of carbonyl (C=O) groups is 1. The molecule has 0 spiro atoms. The van der Waals surface area contributed by atoms with Crippen LogP contribution in [0.4, 0.5) is 5.69 Å². The largest absolute Gasteiger partial charge is 0.457 e. The predicted octanol–water partition coefficient (Wildman–Crippen LogP) is 6.05. The van der Waals surface area contributed by atoms with Gasteiger partial charge >= 0.3 is 0 Å². The molecule has 2 heterocycles. The van der Waals surface area contributed by atoms with Crippen molar-refractivity contribution in [1.29, 1.82) is 5.26 Å². The zero-order valence-electron chi connectivity index (χ0n) is 21.8. The Morgan fingerprint density at radius 3 is 2.42 bits per heavy atom. The lowest BCUT2D eigenvalue weighted by Crippen LogP contribution is -2.36. The number of hydrogen-bond acceptors (Lipinski definition) is 7. The Kier molecular flexibility index (Phi) is 8.79. The maximum Gasteiger partial charge on any atom is 0.266 e. The van der Waals surface area contributed by atoms with E-state index < -0.39 is 5.91 Å². The Bertz CT molecular complexity index is 1510. The molecule has 5 rings (SSSR count). The van der Waals surface area contributed by atoms with Crippen LogP contribution in [0.15, 0.2) is 109 Å². The number of para-hydroxylation sites is 1. The highest BCUT2D eigenvalue weighted by Crippen LogP contribution is 2.34. The van der Waals surface area contributed by atoms with E-state index in [1.165, 1.54) is 0 Å². The smallest absolute Gasteiger partial charge is 0.266 e. The van der Waals surface area contributed by atoms with Crippen LogP contribution in [0, 0.1) is 11.3 Å². The number of ether oxygens (including phenoxy) is 3. The maximum atomic E-state index is 12.8. The minimum atomic E-state index is -0.451. The van der Waals surface area contributed by atoms with Gasteiger partial charge in [-0.25, -0.2) is 0 Å². The number of carbonyl (C=O) groups excluding carboxylic acids is 1. The Hall–Kier alpha value is -4.97. The van der Waals surface area contributed by atoms with Crippen LogP contribution in [-0.4, -0.2) is 48.6 Å². The molecule has 8 nitrogen and oxygen atoms in total. The standard InChI is InChI=1S/C32H28N4O4/c33-22-25(14-16-36-17-19-38-20-18-36)32(37)35-26-6-4-5-24(21-26)30-23-34-15-13-31(30)40-29-11-9-28(10-12-29)39-27-7-2-1-3-8-27/h1-15,21,23H,16-20H2,(H,35,37)/b25-14+. The monoisotopic (exact) mass is 532 g/mol. The molecular formula is C32H28N4O4. The molecule has 0 unspecified atom stereocenters. The lowest BCUT2D eigenvalue weighted by Gasteiger charge is -2.25. The van der Waals surface area contributed by atoms with Crippen LogP contribution < -0.4 is 14.8 Å². The normalized spacial score (nSPS) is 13.7. The zero-order chi connectivity index (χ0) is 27.6. The summed E-state index contributed by atoms with van der Waals surface area (Å²) in [5.74, 6) is 2.26. The third-order valence-corrected chi connectivity index (χ3v) is 6.27. The fourth-order valence-electron chi connectivity index (χ4n) is 4.17. The SMILES string of the molecule is N#C/C(=C\CN1CCOCC1)C(=O)Nc1cccc(-c2cnccc2Oc2ccc(Oc3ccccc3)cc2)c1. The second kappa shape index (κ2) is 13.2. The van der Waals surface area contributed by atoms with Crippen LogP contribution >= 0.6 is 0 Å². The van der Waals surface area contributed by atoms with Crippen molar-refractivity contribution in [3.63, 3.8) is 0 Å². The van der Waals surface area contributed by atoms with Crippen molar-refractivity contribution < 1.29 is 19.0 Å². The number of benzene rings is 3. The molecule has 200 valence electrons. The fourth-order valence-corrected chi connectivity index (χ4v) is 4.17. The number of morpholine rings is 1. The van der Waals surface area contributed by atoms with E-state index in [2.05, 4.69) is 15.2 Å². The Labute approximate surface area is 233 Å². The second-order valence-electron chi connectivity index (χ2n) is 9.04. The van der Waals surface area contributed by atoms with Gasteiger partial charge in [-0.15, -0.1) is 0 Å². The van der Waals surface area contributed by atoms with Gasteiger partial charge in [-0.1, -0.05) is 30.3 Å². The molecule has 1 amide bonds. The fraction of sp³-hybridized carbons (Fsp3) is 0.156. The lowest BCUT2D eigenvalue weighted by atomic mass is 10.1. The van der Waals surface area contributed by atoms with Gasteiger partial charge < -0.3 is 19.5 Å². The highest BCUT2D eigenvalue weighted by molar-refractivity contribution is 6.06. The van der Waals surface area contributed by atoms with Gasteiger partial charge in [0.15, 0.2) is 0 Å². The Balaban J connectivity index is 1.27. The van der Waals surface area contributed by atoms with Crippen LogP contribution in [-0.2, 0) is 9.53 Å². The van der Waals surface area contributed by atoms with Crippen molar-refractivity contribution >= 4 is 11.6 Å². The first kappa shape index (κ1) is 26.6. The van der Waals surface area contributed by atoms with Crippen molar-refractivity contribution in [3.8, 4) is 40.2 Å². The number of rotatable bonds is 9. The molecule has 1 saturated heterocycles. The highest BCUT2D eigenvalue weighted by Gasteiger charge is 2.14. The van der Waals surface area contributed by atoms with Gasteiger partial charge in [-0.2, -0.15) is 5.26 Å². The third kappa shape index (κ3) is 7.11. The molecular weight excluding hydrogens is 504 g/mol. The first-order chi connectivity index (χ1) is 19.7. The molecule has 0 bridgehead atoms. The molecule has 1 fully saturated rings. The van der Waals surface area contributed by atoms with Gasteiger partial charge in [-0.05, 0) is 66.2 Å². The van der Waals surface area contributed by atoms with Crippen LogP contribution in [0.3, 0.4) is 0 Å². The summed E-state index contributed by atoms with van der Waals surface area (Å²) in [5.41, 5.74) is 2.20. The molecule has 0 atom stereocenters. The molecule has 40 heavy (non-hydrogen) atoms. The van der Waals surface area contributed by atoms with Gasteiger partial charge in [0, 0.05) is 43.3 Å². The number of hydrogen-bond donors (Lipinski definition) is 1. The van der Waals surface area contributed by atoms with E-state index in [1.807, 2.05) is 78.9 Å². The molecule has 0 saturated carbocycles. The molecule has 0 aliphatic carbocycles. The summed E-state index contributed by atoms with van der Waals surface area (Å²) >= 11 is 0. The molecule has 1 N–H and O–H groups in total. The van der Waals surface area contributed by atoms with E-state index in [0.717, 1.165) is 30.0 Å². The van der Waals surface area contributed by atoms with Crippen molar-refractivity contribution in [1.82, 2.24) is 9.88 Å². The van der Waals surface area contributed by atoms with E-state index >= 15 is 0 Å². The van der Waals surface area contributed by atoms with Crippen molar-refractivity contribution in [2.45, 2.75) is 0 Å². The number of nitrogens with one attached hydrogen (secondary N) is 1. The third-order valence-electron chi connectivity index (χ3n) is 6.27. The summed E-state index contributed by atoms with van der Waals surface area (Å²) in [6.45, 7) is 3.39. The number of nitrogens with zero attached hydrogens (tertiary/aromatic N) is 3. The Morgan fingerprint density at radius 2 is 1.68 bits per heavy atom. The topological polar surface area (TPSA) is 96.7 Å². The predicted molar refractivity (Wildman–Crippen MR) is 152 cm³/mol. The van der Waals surface area contributed by atoms with Crippen molar-refractivity contribution in [2.75, 3.05) is 38.2 Å². The molecule has 1 aliphatic heterocycles. The number of nitriles is 1. The molecule has 1 aliphatic rings. The summed E-state index contributed by atoms with van der Waals surface area (Å²) in [4.78, 5) is 19.2. The van der Waals surface area contributed by atoms with E-state index in [1.54, 1.807) is 30.6 Å². The summed E-state index contributed by atoms with van der Waals surface area (Å²) in [7, 11) is 0. The minimum absolute atomic E-state index is 0.0713.